The van der Waals surface area contributed by atoms with Crippen LogP contribution in [0.1, 0.15) is 18.4 Å². The van der Waals surface area contributed by atoms with Crippen molar-refractivity contribution in [1.82, 2.24) is 0 Å². The van der Waals surface area contributed by atoms with Crippen LogP contribution in [0, 0.1) is 0 Å². The minimum atomic E-state index is -0.357. The lowest BCUT2D eigenvalue weighted by Gasteiger charge is -2.42. The number of benzene rings is 1. The van der Waals surface area contributed by atoms with E-state index in [0.717, 1.165) is 5.56 Å². The Labute approximate surface area is 82.3 Å². The Morgan fingerprint density at radius 2 is 2.15 bits per heavy atom. The predicted molar refractivity (Wildman–Crippen MR) is 52.6 cm³/mol. The maximum Gasteiger partial charge on any atom is 0.0582 e. The third kappa shape index (κ3) is 1.57. The Balaban J connectivity index is 2.26. The third-order valence-corrected chi connectivity index (χ3v) is 2.83. The molecular formula is C10H12ClNO. The van der Waals surface area contributed by atoms with Crippen LogP contribution in [0.2, 0.25) is 5.02 Å². The highest BCUT2D eigenvalue weighted by atomic mass is 35.5. The highest BCUT2D eigenvalue weighted by Gasteiger charge is 2.41. The zero-order chi connectivity index (χ0) is 9.47. The van der Waals surface area contributed by atoms with Crippen LogP contribution in [0.5, 0.6) is 0 Å². The zero-order valence-corrected chi connectivity index (χ0v) is 7.96. The van der Waals surface area contributed by atoms with Gasteiger partial charge in [0.1, 0.15) is 0 Å². The summed E-state index contributed by atoms with van der Waals surface area (Å²) in [7, 11) is 0. The molecule has 1 aliphatic carbocycles. The van der Waals surface area contributed by atoms with Gasteiger partial charge < -0.3 is 10.8 Å². The van der Waals surface area contributed by atoms with Crippen LogP contribution in [-0.2, 0) is 5.54 Å². The van der Waals surface area contributed by atoms with E-state index in [0.29, 0.717) is 17.9 Å². The second-order valence-corrected chi connectivity index (χ2v) is 4.16. The molecule has 0 spiro atoms. The standard InChI is InChI=1S/C10H12ClNO/c11-8-3-1-2-7(4-8)10(12)5-9(13)6-10/h1-4,9,13H,5-6,12H2. The number of aliphatic hydroxyl groups is 1. The summed E-state index contributed by atoms with van der Waals surface area (Å²) in [5.74, 6) is 0. The molecule has 1 fully saturated rings. The highest BCUT2D eigenvalue weighted by Crippen LogP contribution is 2.39. The van der Waals surface area contributed by atoms with Crippen molar-refractivity contribution in [1.29, 1.82) is 0 Å². The summed E-state index contributed by atoms with van der Waals surface area (Å²) in [6.07, 6.45) is 1.02. The van der Waals surface area contributed by atoms with Gasteiger partial charge in [0.25, 0.3) is 0 Å². The predicted octanol–water partition coefficient (Wildman–Crippen LogP) is 1.65. The molecule has 0 atom stereocenters. The minimum absolute atomic E-state index is 0.246. The van der Waals surface area contributed by atoms with E-state index >= 15 is 0 Å². The van der Waals surface area contributed by atoms with Crippen molar-refractivity contribution in [3.05, 3.63) is 34.9 Å². The van der Waals surface area contributed by atoms with Crippen molar-refractivity contribution in [3.8, 4) is 0 Å². The molecule has 0 heterocycles. The van der Waals surface area contributed by atoms with Crippen LogP contribution in [0.3, 0.4) is 0 Å². The van der Waals surface area contributed by atoms with E-state index in [1.807, 2.05) is 24.3 Å². The quantitative estimate of drug-likeness (QED) is 0.719. The first-order valence-corrected chi connectivity index (χ1v) is 4.71. The maximum atomic E-state index is 9.20. The van der Waals surface area contributed by atoms with E-state index in [2.05, 4.69) is 0 Å². The van der Waals surface area contributed by atoms with Crippen molar-refractivity contribution in [2.24, 2.45) is 5.73 Å². The molecule has 2 rings (SSSR count). The first kappa shape index (κ1) is 9.00. The van der Waals surface area contributed by atoms with E-state index in [4.69, 9.17) is 17.3 Å². The molecule has 1 aliphatic rings. The first-order chi connectivity index (χ1) is 6.10. The van der Waals surface area contributed by atoms with Crippen LogP contribution in [0.4, 0.5) is 0 Å². The minimum Gasteiger partial charge on any atom is -0.393 e. The van der Waals surface area contributed by atoms with Crippen molar-refractivity contribution >= 4 is 11.6 Å². The number of rotatable bonds is 1. The number of hydrogen-bond donors (Lipinski definition) is 2. The molecule has 0 saturated heterocycles. The molecular weight excluding hydrogens is 186 g/mol. The molecule has 0 amide bonds. The van der Waals surface area contributed by atoms with E-state index in [-0.39, 0.29) is 11.6 Å². The average molecular weight is 198 g/mol. The van der Waals surface area contributed by atoms with Crippen LogP contribution in [-0.4, -0.2) is 11.2 Å². The van der Waals surface area contributed by atoms with Gasteiger partial charge in [0, 0.05) is 10.6 Å². The Morgan fingerprint density at radius 3 is 2.69 bits per heavy atom. The first-order valence-electron chi connectivity index (χ1n) is 4.33. The lowest BCUT2D eigenvalue weighted by atomic mass is 9.71. The summed E-state index contributed by atoms with van der Waals surface area (Å²) >= 11 is 5.85. The lowest BCUT2D eigenvalue weighted by Crippen LogP contribution is -2.51. The van der Waals surface area contributed by atoms with E-state index in [1.165, 1.54) is 0 Å². The normalized spacial score (nSPS) is 32.7. The Hall–Kier alpha value is -0.570. The van der Waals surface area contributed by atoms with Crippen molar-refractivity contribution in [3.63, 3.8) is 0 Å². The smallest absolute Gasteiger partial charge is 0.0582 e. The fourth-order valence-electron chi connectivity index (χ4n) is 1.82. The molecule has 1 saturated carbocycles. The van der Waals surface area contributed by atoms with Crippen LogP contribution in [0.25, 0.3) is 0 Å². The van der Waals surface area contributed by atoms with Gasteiger partial charge in [-0.2, -0.15) is 0 Å². The van der Waals surface area contributed by atoms with Gasteiger partial charge in [0.2, 0.25) is 0 Å². The fraction of sp³-hybridized carbons (Fsp3) is 0.400. The SMILES string of the molecule is NC1(c2cccc(Cl)c2)CC(O)C1. The molecule has 70 valence electrons. The molecule has 2 nitrogen and oxygen atoms in total. The summed E-state index contributed by atoms with van der Waals surface area (Å²) in [4.78, 5) is 0. The number of aliphatic hydroxyl groups excluding tert-OH is 1. The Morgan fingerprint density at radius 1 is 1.46 bits per heavy atom. The summed E-state index contributed by atoms with van der Waals surface area (Å²) in [5, 5.41) is 9.90. The zero-order valence-electron chi connectivity index (χ0n) is 7.20. The highest BCUT2D eigenvalue weighted by molar-refractivity contribution is 6.30. The molecule has 0 unspecified atom stereocenters. The summed E-state index contributed by atoms with van der Waals surface area (Å²) in [6, 6.07) is 7.53. The van der Waals surface area contributed by atoms with Crippen molar-refractivity contribution in [2.75, 3.05) is 0 Å². The van der Waals surface area contributed by atoms with E-state index < -0.39 is 0 Å². The number of halogens is 1. The summed E-state index contributed by atoms with van der Waals surface area (Å²) in [6.45, 7) is 0. The van der Waals surface area contributed by atoms with Gasteiger partial charge in [-0.25, -0.2) is 0 Å². The second-order valence-electron chi connectivity index (χ2n) is 3.73. The van der Waals surface area contributed by atoms with E-state index in [9.17, 15) is 5.11 Å². The second kappa shape index (κ2) is 2.98. The summed E-state index contributed by atoms with van der Waals surface area (Å²) < 4.78 is 0. The summed E-state index contributed by atoms with van der Waals surface area (Å²) in [5.41, 5.74) is 6.73. The Bertz CT molecular complexity index is 320. The van der Waals surface area contributed by atoms with Crippen molar-refractivity contribution < 1.29 is 5.11 Å². The largest absolute Gasteiger partial charge is 0.393 e. The Kier molecular flexibility index (Phi) is 2.06. The average Bonchev–Trinajstić information content (AvgIpc) is 2.02. The molecule has 0 radical (unpaired) electrons. The molecule has 1 aromatic carbocycles. The van der Waals surface area contributed by atoms with Gasteiger partial charge >= 0.3 is 0 Å². The van der Waals surface area contributed by atoms with Gasteiger partial charge in [0.15, 0.2) is 0 Å². The molecule has 0 bridgehead atoms. The van der Waals surface area contributed by atoms with Gasteiger partial charge in [-0.3, -0.25) is 0 Å². The van der Waals surface area contributed by atoms with Gasteiger partial charge in [-0.15, -0.1) is 0 Å². The molecule has 0 aromatic heterocycles. The topological polar surface area (TPSA) is 46.2 Å². The lowest BCUT2D eigenvalue weighted by molar-refractivity contribution is 0.0209. The molecule has 3 N–H and O–H groups in total. The van der Waals surface area contributed by atoms with Crippen molar-refractivity contribution in [2.45, 2.75) is 24.5 Å². The van der Waals surface area contributed by atoms with E-state index in [1.54, 1.807) is 0 Å². The van der Waals surface area contributed by atoms with Crippen LogP contribution >= 0.6 is 11.6 Å². The maximum absolute atomic E-state index is 9.20. The third-order valence-electron chi connectivity index (χ3n) is 2.60. The molecule has 1 aromatic rings. The molecule has 3 heteroatoms. The van der Waals surface area contributed by atoms with Gasteiger partial charge in [0.05, 0.1) is 6.10 Å². The van der Waals surface area contributed by atoms with Crippen LogP contribution in [0.15, 0.2) is 24.3 Å². The van der Waals surface area contributed by atoms with Gasteiger partial charge in [-0.1, -0.05) is 23.7 Å². The van der Waals surface area contributed by atoms with Crippen LogP contribution < -0.4 is 5.73 Å². The number of hydrogen-bond acceptors (Lipinski definition) is 2. The number of nitrogens with two attached hydrogens (primary N) is 1. The molecule has 13 heavy (non-hydrogen) atoms. The molecule has 0 aliphatic heterocycles. The fourth-order valence-corrected chi connectivity index (χ4v) is 2.01. The monoisotopic (exact) mass is 197 g/mol. The van der Waals surface area contributed by atoms with Gasteiger partial charge in [-0.05, 0) is 30.5 Å².